The van der Waals surface area contributed by atoms with Gasteiger partial charge in [-0.25, -0.2) is 0 Å². The summed E-state index contributed by atoms with van der Waals surface area (Å²) in [7, 11) is 0. The van der Waals surface area contributed by atoms with E-state index in [1.807, 2.05) is 18.3 Å². The largest absolute Gasteiger partial charge is 0.364 e. The zero-order valence-corrected chi connectivity index (χ0v) is 9.47. The first kappa shape index (κ1) is 10.0. The molecule has 0 saturated heterocycles. The summed E-state index contributed by atoms with van der Waals surface area (Å²) in [5.41, 5.74) is 1.53. The Hall–Kier alpha value is -1.49. The van der Waals surface area contributed by atoms with Gasteiger partial charge in [0.25, 0.3) is 5.91 Å². The highest BCUT2D eigenvalue weighted by Gasteiger charge is 2.06. The molecule has 0 atom stereocenters. The molecule has 15 heavy (non-hydrogen) atoms. The Morgan fingerprint density at radius 2 is 2.33 bits per heavy atom. The van der Waals surface area contributed by atoms with Gasteiger partial charge in [-0.1, -0.05) is 0 Å². The van der Waals surface area contributed by atoms with E-state index in [-0.39, 0.29) is 5.91 Å². The summed E-state index contributed by atoms with van der Waals surface area (Å²) in [6.07, 6.45) is 3.55. The molecule has 0 aromatic carbocycles. The first-order valence-electron chi connectivity index (χ1n) is 4.50. The fraction of sp³-hybridized carbons (Fsp3) is 0.100. The molecular formula is C10H10BrN3O. The van der Waals surface area contributed by atoms with Gasteiger partial charge in [0.1, 0.15) is 5.69 Å². The van der Waals surface area contributed by atoms with E-state index >= 15 is 0 Å². The van der Waals surface area contributed by atoms with E-state index in [0.29, 0.717) is 12.2 Å². The number of nitrogens with one attached hydrogen (secondary N) is 3. The van der Waals surface area contributed by atoms with E-state index < -0.39 is 0 Å². The third-order valence-corrected chi connectivity index (χ3v) is 2.45. The van der Waals surface area contributed by atoms with E-state index in [2.05, 4.69) is 31.2 Å². The van der Waals surface area contributed by atoms with Crippen molar-refractivity contribution in [2.24, 2.45) is 0 Å². The van der Waals surface area contributed by atoms with Gasteiger partial charge in [0.2, 0.25) is 0 Å². The molecular weight excluding hydrogens is 258 g/mol. The SMILES string of the molecule is O=C(NCc1ccc[nH]1)c1cc(Br)c[nH]1. The lowest BCUT2D eigenvalue weighted by atomic mass is 10.4. The molecule has 0 spiro atoms. The average molecular weight is 268 g/mol. The Bertz CT molecular complexity index is 447. The molecule has 4 nitrogen and oxygen atoms in total. The topological polar surface area (TPSA) is 60.7 Å². The average Bonchev–Trinajstić information content (AvgIpc) is 2.84. The van der Waals surface area contributed by atoms with Crippen LogP contribution in [-0.4, -0.2) is 15.9 Å². The van der Waals surface area contributed by atoms with E-state index in [4.69, 9.17) is 0 Å². The summed E-state index contributed by atoms with van der Waals surface area (Å²) >= 11 is 3.27. The fourth-order valence-corrected chi connectivity index (χ4v) is 1.59. The Balaban J connectivity index is 1.93. The zero-order valence-electron chi connectivity index (χ0n) is 7.88. The monoisotopic (exact) mass is 267 g/mol. The number of aromatic nitrogens is 2. The maximum atomic E-state index is 11.6. The number of carbonyl (C=O) groups excluding carboxylic acids is 1. The van der Waals surface area contributed by atoms with Gasteiger partial charge in [-0.15, -0.1) is 0 Å². The molecule has 3 N–H and O–H groups in total. The summed E-state index contributed by atoms with van der Waals surface area (Å²) in [6, 6.07) is 5.56. The van der Waals surface area contributed by atoms with Crippen LogP contribution in [0.25, 0.3) is 0 Å². The predicted octanol–water partition coefficient (Wildman–Crippen LogP) is 2.04. The first-order chi connectivity index (χ1) is 7.25. The number of H-pyrrole nitrogens is 2. The molecule has 1 amide bonds. The van der Waals surface area contributed by atoms with Crippen LogP contribution in [0.5, 0.6) is 0 Å². The Morgan fingerprint density at radius 3 is 2.93 bits per heavy atom. The van der Waals surface area contributed by atoms with Gasteiger partial charge in [-0.2, -0.15) is 0 Å². The van der Waals surface area contributed by atoms with Crippen LogP contribution in [0.4, 0.5) is 0 Å². The van der Waals surface area contributed by atoms with Crippen LogP contribution in [-0.2, 0) is 6.54 Å². The molecule has 2 rings (SSSR count). The highest BCUT2D eigenvalue weighted by atomic mass is 79.9. The van der Waals surface area contributed by atoms with Crippen molar-refractivity contribution >= 4 is 21.8 Å². The number of aromatic amines is 2. The number of rotatable bonds is 3. The zero-order chi connectivity index (χ0) is 10.7. The molecule has 0 fully saturated rings. The minimum absolute atomic E-state index is 0.115. The fourth-order valence-electron chi connectivity index (χ4n) is 1.25. The van der Waals surface area contributed by atoms with Crippen molar-refractivity contribution in [3.8, 4) is 0 Å². The summed E-state index contributed by atoms with van der Waals surface area (Å²) in [5.74, 6) is -0.115. The van der Waals surface area contributed by atoms with Gasteiger partial charge in [0, 0.05) is 22.6 Å². The van der Waals surface area contributed by atoms with Crippen LogP contribution in [0.2, 0.25) is 0 Å². The molecule has 0 unspecified atom stereocenters. The number of hydrogen-bond acceptors (Lipinski definition) is 1. The quantitative estimate of drug-likeness (QED) is 0.783. The van der Waals surface area contributed by atoms with Crippen LogP contribution in [0.15, 0.2) is 35.1 Å². The highest BCUT2D eigenvalue weighted by molar-refractivity contribution is 9.10. The molecule has 0 aliphatic rings. The van der Waals surface area contributed by atoms with Gasteiger partial charge < -0.3 is 15.3 Å². The lowest BCUT2D eigenvalue weighted by Gasteiger charge is -2.01. The molecule has 78 valence electrons. The molecule has 0 saturated carbocycles. The van der Waals surface area contributed by atoms with Gasteiger partial charge >= 0.3 is 0 Å². The van der Waals surface area contributed by atoms with Crippen molar-refractivity contribution in [3.63, 3.8) is 0 Å². The van der Waals surface area contributed by atoms with Crippen molar-refractivity contribution < 1.29 is 4.79 Å². The van der Waals surface area contributed by atoms with Crippen LogP contribution in [0, 0.1) is 0 Å². The Morgan fingerprint density at radius 1 is 1.47 bits per heavy atom. The van der Waals surface area contributed by atoms with E-state index in [1.54, 1.807) is 12.3 Å². The number of hydrogen-bond donors (Lipinski definition) is 3. The number of amides is 1. The maximum Gasteiger partial charge on any atom is 0.268 e. The highest BCUT2D eigenvalue weighted by Crippen LogP contribution is 2.10. The molecule has 0 bridgehead atoms. The van der Waals surface area contributed by atoms with Gasteiger partial charge in [0.15, 0.2) is 0 Å². The van der Waals surface area contributed by atoms with Crippen LogP contribution >= 0.6 is 15.9 Å². The van der Waals surface area contributed by atoms with Gasteiger partial charge in [-0.05, 0) is 34.1 Å². The third-order valence-electron chi connectivity index (χ3n) is 1.99. The third kappa shape index (κ3) is 2.50. The van der Waals surface area contributed by atoms with Crippen LogP contribution in [0.3, 0.4) is 0 Å². The number of halogens is 1. The second-order valence-electron chi connectivity index (χ2n) is 3.11. The molecule has 0 aliphatic carbocycles. The minimum Gasteiger partial charge on any atom is -0.364 e. The first-order valence-corrected chi connectivity index (χ1v) is 5.29. The van der Waals surface area contributed by atoms with Crippen molar-refractivity contribution in [1.29, 1.82) is 0 Å². The van der Waals surface area contributed by atoms with Crippen molar-refractivity contribution in [3.05, 3.63) is 46.5 Å². The van der Waals surface area contributed by atoms with Gasteiger partial charge in [-0.3, -0.25) is 4.79 Å². The molecule has 2 aromatic rings. The summed E-state index contributed by atoms with van der Waals surface area (Å²) in [5, 5.41) is 2.79. The lowest BCUT2D eigenvalue weighted by Crippen LogP contribution is -2.23. The molecule has 2 aromatic heterocycles. The van der Waals surface area contributed by atoms with E-state index in [9.17, 15) is 4.79 Å². The van der Waals surface area contributed by atoms with Gasteiger partial charge in [0.05, 0.1) is 6.54 Å². The second-order valence-corrected chi connectivity index (χ2v) is 4.03. The summed E-state index contributed by atoms with van der Waals surface area (Å²) < 4.78 is 0.868. The molecule has 5 heteroatoms. The second kappa shape index (κ2) is 4.35. The summed E-state index contributed by atoms with van der Waals surface area (Å²) in [4.78, 5) is 17.5. The Labute approximate surface area is 95.2 Å². The number of carbonyl (C=O) groups is 1. The minimum atomic E-state index is -0.115. The maximum absolute atomic E-state index is 11.6. The normalized spacial score (nSPS) is 10.2. The van der Waals surface area contributed by atoms with Crippen molar-refractivity contribution in [1.82, 2.24) is 15.3 Å². The summed E-state index contributed by atoms with van der Waals surface area (Å²) in [6.45, 7) is 0.502. The standard InChI is InChI=1S/C10H10BrN3O/c11-7-4-9(13-5-7)10(15)14-6-8-2-1-3-12-8/h1-5,12-13H,6H2,(H,14,15). The van der Waals surface area contributed by atoms with Crippen molar-refractivity contribution in [2.45, 2.75) is 6.54 Å². The van der Waals surface area contributed by atoms with Crippen molar-refractivity contribution in [2.75, 3.05) is 0 Å². The molecule has 0 aliphatic heterocycles. The van der Waals surface area contributed by atoms with Crippen LogP contribution < -0.4 is 5.32 Å². The molecule has 0 radical (unpaired) electrons. The van der Waals surface area contributed by atoms with E-state index in [1.165, 1.54) is 0 Å². The van der Waals surface area contributed by atoms with E-state index in [0.717, 1.165) is 10.2 Å². The Kier molecular flexibility index (Phi) is 2.91. The molecule has 2 heterocycles. The predicted molar refractivity (Wildman–Crippen MR) is 60.5 cm³/mol. The van der Waals surface area contributed by atoms with Crippen LogP contribution in [0.1, 0.15) is 16.2 Å². The smallest absolute Gasteiger partial charge is 0.268 e. The lowest BCUT2D eigenvalue weighted by molar-refractivity contribution is 0.0946.